The molecule has 1 fully saturated rings. The topological polar surface area (TPSA) is 45.1 Å². The van der Waals surface area contributed by atoms with Gasteiger partial charge in [-0.25, -0.2) is 0 Å². The minimum Gasteiger partial charge on any atom is -0.392 e. The lowest BCUT2D eigenvalue weighted by atomic mass is 10.0. The molecule has 1 heterocycles. The van der Waals surface area contributed by atoms with Gasteiger partial charge in [-0.05, 0) is 31.9 Å². The zero-order valence-electron chi connectivity index (χ0n) is 10.5. The quantitative estimate of drug-likeness (QED) is 0.790. The van der Waals surface area contributed by atoms with Gasteiger partial charge >= 0.3 is 0 Å². The Balaban J connectivity index is 1.95. The maximum Gasteiger partial charge on any atom is 0.0693 e. The molecule has 17 heavy (non-hydrogen) atoms. The highest BCUT2D eigenvalue weighted by atomic mass is 16.3. The smallest absolute Gasteiger partial charge is 0.0693 e. The van der Waals surface area contributed by atoms with Gasteiger partial charge in [-0.2, -0.15) is 0 Å². The third-order valence-electron chi connectivity index (χ3n) is 3.57. The van der Waals surface area contributed by atoms with Gasteiger partial charge in [0.05, 0.1) is 11.8 Å². The third kappa shape index (κ3) is 3.51. The summed E-state index contributed by atoms with van der Waals surface area (Å²) < 4.78 is 0. The molecule has 1 aromatic heterocycles. The van der Waals surface area contributed by atoms with Crippen molar-refractivity contribution in [2.45, 2.75) is 57.2 Å². The van der Waals surface area contributed by atoms with Crippen molar-refractivity contribution in [2.75, 3.05) is 0 Å². The van der Waals surface area contributed by atoms with Crippen LogP contribution in [0, 0.1) is 0 Å². The van der Waals surface area contributed by atoms with Crippen LogP contribution in [0.25, 0.3) is 0 Å². The molecular weight excluding hydrogens is 212 g/mol. The molecule has 0 amide bonds. The molecule has 94 valence electrons. The largest absolute Gasteiger partial charge is 0.392 e. The molecule has 1 aliphatic carbocycles. The molecule has 3 heteroatoms. The van der Waals surface area contributed by atoms with Gasteiger partial charge in [-0.15, -0.1) is 0 Å². The fraction of sp³-hybridized carbons (Fsp3) is 0.643. The Hall–Kier alpha value is -0.930. The average molecular weight is 234 g/mol. The van der Waals surface area contributed by atoms with Crippen molar-refractivity contribution in [3.05, 3.63) is 30.1 Å². The molecule has 0 bridgehead atoms. The number of aliphatic hydroxyl groups is 1. The highest BCUT2D eigenvalue weighted by Crippen LogP contribution is 2.20. The van der Waals surface area contributed by atoms with Gasteiger partial charge in [0.15, 0.2) is 0 Å². The van der Waals surface area contributed by atoms with Crippen LogP contribution in [0.5, 0.6) is 0 Å². The van der Waals surface area contributed by atoms with Crippen molar-refractivity contribution < 1.29 is 5.11 Å². The van der Waals surface area contributed by atoms with Crippen molar-refractivity contribution in [3.63, 3.8) is 0 Å². The summed E-state index contributed by atoms with van der Waals surface area (Å²) in [7, 11) is 0. The summed E-state index contributed by atoms with van der Waals surface area (Å²) in [4.78, 5) is 4.35. The minimum atomic E-state index is -0.205. The van der Waals surface area contributed by atoms with E-state index in [1.165, 1.54) is 12.8 Å². The van der Waals surface area contributed by atoms with E-state index in [-0.39, 0.29) is 18.2 Å². The molecule has 1 aromatic rings. The SMILES string of the molecule is C[C@H](NC1CCCCCC1O)c1ccccn1. The van der Waals surface area contributed by atoms with Gasteiger partial charge in [-0.1, -0.05) is 25.3 Å². The Labute approximate surface area is 103 Å². The second-order valence-electron chi connectivity index (χ2n) is 4.95. The lowest BCUT2D eigenvalue weighted by Crippen LogP contribution is -2.40. The van der Waals surface area contributed by atoms with E-state index in [0.29, 0.717) is 0 Å². The summed E-state index contributed by atoms with van der Waals surface area (Å²) in [5, 5.41) is 13.6. The molecular formula is C14H22N2O. The van der Waals surface area contributed by atoms with Gasteiger partial charge in [0, 0.05) is 18.3 Å². The predicted octanol–water partition coefficient (Wildman–Crippen LogP) is 2.43. The van der Waals surface area contributed by atoms with Crippen molar-refractivity contribution in [1.29, 1.82) is 0 Å². The van der Waals surface area contributed by atoms with Crippen LogP contribution in [0.4, 0.5) is 0 Å². The summed E-state index contributed by atoms with van der Waals surface area (Å²) in [6.07, 6.45) is 7.21. The number of hydrogen-bond donors (Lipinski definition) is 2. The van der Waals surface area contributed by atoms with Gasteiger partial charge in [0.2, 0.25) is 0 Å². The number of aliphatic hydroxyl groups excluding tert-OH is 1. The van der Waals surface area contributed by atoms with Crippen LogP contribution in [0.3, 0.4) is 0 Å². The maximum atomic E-state index is 10.1. The summed E-state index contributed by atoms with van der Waals surface area (Å²) in [6.45, 7) is 2.11. The second-order valence-corrected chi connectivity index (χ2v) is 4.95. The van der Waals surface area contributed by atoms with E-state index in [2.05, 4.69) is 17.2 Å². The van der Waals surface area contributed by atoms with Gasteiger partial charge < -0.3 is 10.4 Å². The van der Waals surface area contributed by atoms with Crippen LogP contribution in [0.1, 0.15) is 50.8 Å². The number of nitrogens with one attached hydrogen (secondary N) is 1. The first-order chi connectivity index (χ1) is 8.27. The fourth-order valence-corrected chi connectivity index (χ4v) is 2.52. The van der Waals surface area contributed by atoms with E-state index in [1.54, 1.807) is 0 Å². The molecule has 1 aliphatic rings. The Bertz CT molecular complexity index is 328. The van der Waals surface area contributed by atoms with Gasteiger partial charge in [0.1, 0.15) is 0 Å². The van der Waals surface area contributed by atoms with E-state index in [9.17, 15) is 5.11 Å². The van der Waals surface area contributed by atoms with Crippen molar-refractivity contribution in [3.8, 4) is 0 Å². The van der Waals surface area contributed by atoms with Crippen LogP contribution < -0.4 is 5.32 Å². The molecule has 2 N–H and O–H groups in total. The molecule has 0 aromatic carbocycles. The third-order valence-corrected chi connectivity index (χ3v) is 3.57. The van der Waals surface area contributed by atoms with Gasteiger partial charge in [-0.3, -0.25) is 4.98 Å². The van der Waals surface area contributed by atoms with Gasteiger partial charge in [0.25, 0.3) is 0 Å². The molecule has 0 saturated heterocycles. The second kappa shape index (κ2) is 6.12. The molecule has 2 rings (SSSR count). The normalized spacial score (nSPS) is 27.4. The average Bonchev–Trinajstić information content (AvgIpc) is 2.56. The van der Waals surface area contributed by atoms with E-state index in [4.69, 9.17) is 0 Å². The first-order valence-electron chi connectivity index (χ1n) is 6.62. The number of hydrogen-bond acceptors (Lipinski definition) is 3. The van der Waals surface area contributed by atoms with Crippen molar-refractivity contribution >= 4 is 0 Å². The molecule has 0 radical (unpaired) electrons. The maximum absolute atomic E-state index is 10.1. The summed E-state index contributed by atoms with van der Waals surface area (Å²) in [6, 6.07) is 6.38. The number of aromatic nitrogens is 1. The summed E-state index contributed by atoms with van der Waals surface area (Å²) in [5.41, 5.74) is 1.05. The first kappa shape index (κ1) is 12.5. The Morgan fingerprint density at radius 1 is 1.29 bits per heavy atom. The Kier molecular flexibility index (Phi) is 4.51. The Morgan fingerprint density at radius 3 is 2.88 bits per heavy atom. The minimum absolute atomic E-state index is 0.203. The van der Waals surface area contributed by atoms with E-state index < -0.39 is 0 Å². The van der Waals surface area contributed by atoms with Crippen LogP contribution >= 0.6 is 0 Å². The van der Waals surface area contributed by atoms with Crippen LogP contribution in [0.2, 0.25) is 0 Å². The number of pyridine rings is 1. The van der Waals surface area contributed by atoms with Crippen LogP contribution in [0.15, 0.2) is 24.4 Å². The van der Waals surface area contributed by atoms with Crippen molar-refractivity contribution in [1.82, 2.24) is 10.3 Å². The van der Waals surface area contributed by atoms with Crippen LogP contribution in [-0.2, 0) is 0 Å². The molecule has 0 spiro atoms. The summed E-state index contributed by atoms with van der Waals surface area (Å²) in [5.74, 6) is 0. The summed E-state index contributed by atoms with van der Waals surface area (Å²) >= 11 is 0. The molecule has 0 aliphatic heterocycles. The number of nitrogens with zero attached hydrogens (tertiary/aromatic N) is 1. The van der Waals surface area contributed by atoms with Crippen molar-refractivity contribution in [2.24, 2.45) is 0 Å². The zero-order chi connectivity index (χ0) is 12.1. The standard InChI is InChI=1S/C14H22N2O/c1-11(12-7-5-6-10-15-12)16-13-8-3-2-4-9-14(13)17/h5-7,10-11,13-14,16-17H,2-4,8-9H2,1H3/t11-,13?,14?/m0/s1. The molecule has 3 atom stereocenters. The molecule has 3 nitrogen and oxygen atoms in total. The highest BCUT2D eigenvalue weighted by molar-refractivity contribution is 5.08. The zero-order valence-corrected chi connectivity index (χ0v) is 10.5. The molecule has 2 unspecified atom stereocenters. The predicted molar refractivity (Wildman–Crippen MR) is 68.7 cm³/mol. The first-order valence-corrected chi connectivity index (χ1v) is 6.62. The van der Waals surface area contributed by atoms with Crippen LogP contribution in [-0.4, -0.2) is 22.2 Å². The monoisotopic (exact) mass is 234 g/mol. The van der Waals surface area contributed by atoms with E-state index >= 15 is 0 Å². The fourth-order valence-electron chi connectivity index (χ4n) is 2.52. The highest BCUT2D eigenvalue weighted by Gasteiger charge is 2.23. The van der Waals surface area contributed by atoms with E-state index in [1.807, 2.05) is 24.4 Å². The Morgan fingerprint density at radius 2 is 2.12 bits per heavy atom. The lowest BCUT2D eigenvalue weighted by Gasteiger charge is -2.25. The van der Waals surface area contributed by atoms with E-state index in [0.717, 1.165) is 25.0 Å². The molecule has 1 saturated carbocycles. The lowest BCUT2D eigenvalue weighted by molar-refractivity contribution is 0.114. The number of rotatable bonds is 3.